The number of ether oxygens (including phenoxy) is 2. The van der Waals surface area contributed by atoms with Crippen LogP contribution in [-0.4, -0.2) is 24.6 Å². The van der Waals surface area contributed by atoms with Crippen LogP contribution in [0.5, 0.6) is 17.2 Å². The average Bonchev–Trinajstić information content (AvgIpc) is 2.51. The SMILES string of the molecule is COc1ccc(/C=C2/COc3ccc(Br)cc3C2=O)cc1O. The van der Waals surface area contributed by atoms with Crippen LogP contribution in [0.1, 0.15) is 15.9 Å². The zero-order valence-corrected chi connectivity index (χ0v) is 13.4. The number of methoxy groups -OCH3 is 1. The number of phenols is 1. The predicted molar refractivity (Wildman–Crippen MR) is 86.6 cm³/mol. The van der Waals surface area contributed by atoms with Gasteiger partial charge in [-0.05, 0) is 42.0 Å². The Hall–Kier alpha value is -2.27. The fraction of sp³-hybridized carbons (Fsp3) is 0.118. The van der Waals surface area contributed by atoms with Gasteiger partial charge in [-0.3, -0.25) is 4.79 Å². The number of halogens is 1. The largest absolute Gasteiger partial charge is 0.504 e. The van der Waals surface area contributed by atoms with E-state index in [4.69, 9.17) is 9.47 Å². The highest BCUT2D eigenvalue weighted by molar-refractivity contribution is 9.10. The smallest absolute Gasteiger partial charge is 0.196 e. The van der Waals surface area contributed by atoms with Crippen molar-refractivity contribution in [1.29, 1.82) is 0 Å². The summed E-state index contributed by atoms with van der Waals surface area (Å²) in [5.41, 5.74) is 1.78. The minimum atomic E-state index is -0.0714. The van der Waals surface area contributed by atoms with E-state index in [0.717, 1.165) is 4.47 Å². The summed E-state index contributed by atoms with van der Waals surface area (Å²) in [5.74, 6) is 0.938. The van der Waals surface area contributed by atoms with Crippen molar-refractivity contribution in [2.24, 2.45) is 0 Å². The molecule has 22 heavy (non-hydrogen) atoms. The van der Waals surface area contributed by atoms with E-state index < -0.39 is 0 Å². The number of aromatic hydroxyl groups is 1. The van der Waals surface area contributed by atoms with Gasteiger partial charge >= 0.3 is 0 Å². The van der Waals surface area contributed by atoms with Gasteiger partial charge in [0.05, 0.1) is 12.7 Å². The second kappa shape index (κ2) is 5.85. The van der Waals surface area contributed by atoms with Crippen LogP contribution >= 0.6 is 15.9 Å². The molecule has 0 radical (unpaired) electrons. The van der Waals surface area contributed by atoms with E-state index in [2.05, 4.69) is 15.9 Å². The fourth-order valence-electron chi connectivity index (χ4n) is 2.30. The van der Waals surface area contributed by atoms with Crippen LogP contribution in [0.2, 0.25) is 0 Å². The van der Waals surface area contributed by atoms with Crippen LogP contribution in [0, 0.1) is 0 Å². The molecule has 2 aromatic carbocycles. The van der Waals surface area contributed by atoms with Crippen LogP contribution in [0.15, 0.2) is 46.4 Å². The lowest BCUT2D eigenvalue weighted by molar-refractivity contribution is 0.100. The first-order valence-electron chi connectivity index (χ1n) is 6.63. The number of fused-ring (bicyclic) bond motifs is 1. The highest BCUT2D eigenvalue weighted by Crippen LogP contribution is 2.32. The number of carbonyl (C=O) groups is 1. The van der Waals surface area contributed by atoms with E-state index in [0.29, 0.717) is 28.2 Å². The number of carbonyl (C=O) groups excluding carboxylic acids is 1. The first kappa shape index (κ1) is 14.7. The molecule has 0 fully saturated rings. The molecule has 112 valence electrons. The van der Waals surface area contributed by atoms with E-state index >= 15 is 0 Å². The maximum Gasteiger partial charge on any atom is 0.196 e. The molecule has 4 nitrogen and oxygen atoms in total. The number of benzene rings is 2. The molecule has 0 spiro atoms. The Morgan fingerprint density at radius 1 is 1.27 bits per heavy atom. The number of Topliss-reactive ketones (excluding diaryl/α,β-unsaturated/α-hetero) is 1. The van der Waals surface area contributed by atoms with Gasteiger partial charge < -0.3 is 14.6 Å². The maximum atomic E-state index is 12.5. The molecule has 5 heteroatoms. The zero-order chi connectivity index (χ0) is 15.7. The minimum Gasteiger partial charge on any atom is -0.504 e. The Morgan fingerprint density at radius 3 is 2.82 bits per heavy atom. The summed E-state index contributed by atoms with van der Waals surface area (Å²) < 4.78 is 11.4. The fourth-order valence-corrected chi connectivity index (χ4v) is 2.67. The summed E-state index contributed by atoms with van der Waals surface area (Å²) in [5, 5.41) is 9.80. The lowest BCUT2D eigenvalue weighted by Gasteiger charge is -2.19. The lowest BCUT2D eigenvalue weighted by Crippen LogP contribution is -2.18. The monoisotopic (exact) mass is 360 g/mol. The summed E-state index contributed by atoms with van der Waals surface area (Å²) in [6.07, 6.45) is 1.71. The number of phenolic OH excluding ortho intramolecular Hbond substituents is 1. The average molecular weight is 361 g/mol. The molecular weight excluding hydrogens is 348 g/mol. The van der Waals surface area contributed by atoms with Gasteiger partial charge in [0.15, 0.2) is 17.3 Å². The van der Waals surface area contributed by atoms with Crippen LogP contribution in [0.3, 0.4) is 0 Å². The molecule has 0 aromatic heterocycles. The molecule has 0 aliphatic carbocycles. The number of hydrogen-bond donors (Lipinski definition) is 1. The van der Waals surface area contributed by atoms with Gasteiger partial charge in [0.1, 0.15) is 12.4 Å². The van der Waals surface area contributed by atoms with Gasteiger partial charge in [0, 0.05) is 10.0 Å². The number of rotatable bonds is 2. The topological polar surface area (TPSA) is 55.8 Å². The molecule has 2 aromatic rings. The Morgan fingerprint density at radius 2 is 2.09 bits per heavy atom. The van der Waals surface area contributed by atoms with Gasteiger partial charge in [-0.15, -0.1) is 0 Å². The summed E-state index contributed by atoms with van der Waals surface area (Å²) in [6, 6.07) is 10.3. The molecule has 0 atom stereocenters. The van der Waals surface area contributed by atoms with Crippen LogP contribution < -0.4 is 9.47 Å². The van der Waals surface area contributed by atoms with Gasteiger partial charge in [-0.1, -0.05) is 22.0 Å². The highest BCUT2D eigenvalue weighted by atomic mass is 79.9. The van der Waals surface area contributed by atoms with E-state index in [9.17, 15) is 9.90 Å². The van der Waals surface area contributed by atoms with Crippen LogP contribution in [0.4, 0.5) is 0 Å². The first-order valence-corrected chi connectivity index (χ1v) is 7.42. The van der Waals surface area contributed by atoms with Crippen molar-refractivity contribution >= 4 is 27.8 Å². The Balaban J connectivity index is 1.96. The van der Waals surface area contributed by atoms with Crippen molar-refractivity contribution < 1.29 is 19.4 Å². The van der Waals surface area contributed by atoms with E-state index in [1.54, 1.807) is 36.4 Å². The molecular formula is C17H13BrO4. The maximum absolute atomic E-state index is 12.5. The normalized spacial score (nSPS) is 15.4. The molecule has 1 aliphatic heterocycles. The van der Waals surface area contributed by atoms with Crippen LogP contribution in [0.25, 0.3) is 6.08 Å². The summed E-state index contributed by atoms with van der Waals surface area (Å²) in [7, 11) is 1.49. The van der Waals surface area contributed by atoms with E-state index in [1.807, 2.05) is 6.07 Å². The third-order valence-corrected chi connectivity index (χ3v) is 3.90. The van der Waals surface area contributed by atoms with Crippen molar-refractivity contribution in [2.75, 3.05) is 13.7 Å². The second-order valence-electron chi connectivity index (χ2n) is 4.86. The number of ketones is 1. The quantitative estimate of drug-likeness (QED) is 0.827. The Labute approximate surface area is 136 Å². The van der Waals surface area contributed by atoms with Crippen molar-refractivity contribution in [1.82, 2.24) is 0 Å². The lowest BCUT2D eigenvalue weighted by atomic mass is 9.98. The van der Waals surface area contributed by atoms with Crippen molar-refractivity contribution in [3.05, 3.63) is 57.6 Å². The van der Waals surface area contributed by atoms with E-state index in [1.165, 1.54) is 7.11 Å². The molecule has 0 saturated carbocycles. The van der Waals surface area contributed by atoms with Crippen molar-refractivity contribution in [2.45, 2.75) is 0 Å². The molecule has 0 amide bonds. The van der Waals surface area contributed by atoms with Gasteiger partial charge in [0.2, 0.25) is 0 Å². The molecule has 0 unspecified atom stereocenters. The first-order chi connectivity index (χ1) is 10.6. The molecule has 3 rings (SSSR count). The zero-order valence-electron chi connectivity index (χ0n) is 11.8. The molecule has 1 aliphatic rings. The van der Waals surface area contributed by atoms with Gasteiger partial charge in [-0.2, -0.15) is 0 Å². The second-order valence-corrected chi connectivity index (χ2v) is 5.77. The molecule has 0 bridgehead atoms. The summed E-state index contributed by atoms with van der Waals surface area (Å²) in [6.45, 7) is 0.209. The Kier molecular flexibility index (Phi) is 3.90. The molecule has 0 saturated heterocycles. The third-order valence-electron chi connectivity index (χ3n) is 3.40. The van der Waals surface area contributed by atoms with Crippen molar-refractivity contribution in [3.8, 4) is 17.2 Å². The van der Waals surface area contributed by atoms with Gasteiger partial charge in [-0.25, -0.2) is 0 Å². The molecule has 1 heterocycles. The summed E-state index contributed by atoms with van der Waals surface area (Å²) >= 11 is 3.36. The Bertz CT molecular complexity index is 780. The molecule has 1 N–H and O–H groups in total. The van der Waals surface area contributed by atoms with Gasteiger partial charge in [0.25, 0.3) is 0 Å². The predicted octanol–water partition coefficient (Wildman–Crippen LogP) is 3.82. The summed E-state index contributed by atoms with van der Waals surface area (Å²) in [4.78, 5) is 12.5. The highest BCUT2D eigenvalue weighted by Gasteiger charge is 2.23. The third kappa shape index (κ3) is 2.72. The van der Waals surface area contributed by atoms with Crippen LogP contribution in [-0.2, 0) is 0 Å². The number of hydrogen-bond acceptors (Lipinski definition) is 4. The standard InChI is InChI=1S/C17H13BrO4/c1-21-16-4-2-10(7-14(16)19)6-11-9-22-15-5-3-12(18)8-13(15)17(11)20/h2-8,19H,9H2,1H3/b11-6-. The van der Waals surface area contributed by atoms with Crippen molar-refractivity contribution in [3.63, 3.8) is 0 Å². The van der Waals surface area contributed by atoms with E-state index in [-0.39, 0.29) is 18.1 Å². The minimum absolute atomic E-state index is 0.0316.